The zero-order chi connectivity index (χ0) is 15.4. The predicted molar refractivity (Wildman–Crippen MR) is 85.8 cm³/mol. The van der Waals surface area contributed by atoms with Gasteiger partial charge in [0.2, 0.25) is 0 Å². The van der Waals surface area contributed by atoms with Crippen LogP contribution >= 0.6 is 11.6 Å². The Morgan fingerprint density at radius 1 is 1.00 bits per heavy atom. The molecule has 0 saturated carbocycles. The normalized spacial score (nSPS) is 10.5. The summed E-state index contributed by atoms with van der Waals surface area (Å²) in [5.74, 6) is 2.06. The number of halogens is 1. The van der Waals surface area contributed by atoms with E-state index in [1.54, 1.807) is 18.0 Å². The molecule has 0 atom stereocenters. The van der Waals surface area contributed by atoms with Gasteiger partial charge in [-0.3, -0.25) is 0 Å². The van der Waals surface area contributed by atoms with Crippen LogP contribution in [0.15, 0.2) is 60.8 Å². The number of para-hydroxylation sites is 2. The van der Waals surface area contributed by atoms with Gasteiger partial charge in [-0.15, -0.1) is 0 Å². The third-order valence-electron chi connectivity index (χ3n) is 3.23. The second-order valence-corrected chi connectivity index (χ2v) is 5.04. The van der Waals surface area contributed by atoms with Crippen molar-refractivity contribution in [1.82, 2.24) is 9.78 Å². The van der Waals surface area contributed by atoms with Gasteiger partial charge >= 0.3 is 0 Å². The topological polar surface area (TPSA) is 36.3 Å². The molecule has 22 heavy (non-hydrogen) atoms. The van der Waals surface area contributed by atoms with Crippen molar-refractivity contribution in [2.75, 3.05) is 7.11 Å². The summed E-state index contributed by atoms with van der Waals surface area (Å²) in [5.41, 5.74) is 1.00. The third-order valence-corrected chi connectivity index (χ3v) is 3.61. The summed E-state index contributed by atoms with van der Waals surface area (Å²) in [6, 6.07) is 17.3. The van der Waals surface area contributed by atoms with Gasteiger partial charge in [0.1, 0.15) is 11.5 Å². The molecular weight excluding hydrogens is 300 g/mol. The van der Waals surface area contributed by atoms with Crippen LogP contribution in [0.3, 0.4) is 0 Å². The summed E-state index contributed by atoms with van der Waals surface area (Å²) in [7, 11) is 1.65. The molecule has 1 heterocycles. The number of ether oxygens (including phenoxy) is 2. The number of benzene rings is 2. The predicted octanol–water partition coefficient (Wildman–Crippen LogP) is 4.39. The highest BCUT2D eigenvalue weighted by Crippen LogP contribution is 2.30. The van der Waals surface area contributed by atoms with Gasteiger partial charge in [0.05, 0.1) is 19.9 Å². The smallest absolute Gasteiger partial charge is 0.184 e. The van der Waals surface area contributed by atoms with E-state index < -0.39 is 0 Å². The summed E-state index contributed by atoms with van der Waals surface area (Å²) in [6.07, 6.45) is 1.62. The van der Waals surface area contributed by atoms with E-state index in [0.29, 0.717) is 17.4 Å². The molecule has 0 fully saturated rings. The van der Waals surface area contributed by atoms with Crippen molar-refractivity contribution < 1.29 is 9.47 Å². The van der Waals surface area contributed by atoms with E-state index in [0.717, 1.165) is 17.1 Å². The molecule has 0 saturated heterocycles. The number of aromatic nitrogens is 2. The van der Waals surface area contributed by atoms with Crippen molar-refractivity contribution in [2.45, 2.75) is 6.54 Å². The van der Waals surface area contributed by atoms with Crippen LogP contribution in [0.1, 0.15) is 5.56 Å². The Labute approximate surface area is 133 Å². The lowest BCUT2D eigenvalue weighted by Gasteiger charge is -2.09. The third kappa shape index (κ3) is 3.07. The van der Waals surface area contributed by atoms with Crippen LogP contribution in [-0.4, -0.2) is 16.9 Å². The van der Waals surface area contributed by atoms with Crippen molar-refractivity contribution in [3.8, 4) is 17.2 Å². The van der Waals surface area contributed by atoms with Crippen LogP contribution in [0.2, 0.25) is 5.15 Å². The fourth-order valence-corrected chi connectivity index (χ4v) is 2.33. The molecule has 3 aromatic rings. The van der Waals surface area contributed by atoms with Crippen molar-refractivity contribution in [3.05, 3.63) is 71.5 Å². The first-order valence-electron chi connectivity index (χ1n) is 6.84. The molecule has 1 aromatic heterocycles. The standard InChI is InChI=1S/C17H15ClN2O2/c1-21-15-10-6-5-7-13(15)12-20-17(18)16(11-19-20)22-14-8-3-2-4-9-14/h2-11H,12H2,1H3. The maximum absolute atomic E-state index is 6.35. The maximum Gasteiger partial charge on any atom is 0.184 e. The van der Waals surface area contributed by atoms with Gasteiger partial charge in [0.15, 0.2) is 10.9 Å². The minimum absolute atomic E-state index is 0.453. The summed E-state index contributed by atoms with van der Waals surface area (Å²) < 4.78 is 12.8. The zero-order valence-corrected chi connectivity index (χ0v) is 12.8. The van der Waals surface area contributed by atoms with E-state index >= 15 is 0 Å². The van der Waals surface area contributed by atoms with Crippen LogP contribution in [0.25, 0.3) is 0 Å². The summed E-state index contributed by atoms with van der Waals surface area (Å²) in [6.45, 7) is 0.515. The molecule has 0 radical (unpaired) electrons. The molecule has 0 amide bonds. The van der Waals surface area contributed by atoms with Crippen molar-refractivity contribution >= 4 is 11.6 Å². The zero-order valence-electron chi connectivity index (χ0n) is 12.1. The van der Waals surface area contributed by atoms with Crippen molar-refractivity contribution in [1.29, 1.82) is 0 Å². The van der Waals surface area contributed by atoms with Gasteiger partial charge in [0, 0.05) is 5.56 Å². The van der Waals surface area contributed by atoms with Gasteiger partial charge in [0.25, 0.3) is 0 Å². The van der Waals surface area contributed by atoms with Crippen LogP contribution in [0.5, 0.6) is 17.2 Å². The van der Waals surface area contributed by atoms with E-state index in [-0.39, 0.29) is 0 Å². The maximum atomic E-state index is 6.35. The second kappa shape index (κ2) is 6.54. The van der Waals surface area contributed by atoms with E-state index in [1.165, 1.54) is 0 Å². The Kier molecular flexibility index (Phi) is 4.30. The van der Waals surface area contributed by atoms with E-state index in [4.69, 9.17) is 21.1 Å². The largest absolute Gasteiger partial charge is 0.496 e. The molecule has 0 aliphatic heterocycles. The Hall–Kier alpha value is -2.46. The SMILES string of the molecule is COc1ccccc1Cn1ncc(Oc2ccccc2)c1Cl. The first-order chi connectivity index (χ1) is 10.8. The fraction of sp³-hybridized carbons (Fsp3) is 0.118. The highest BCUT2D eigenvalue weighted by Gasteiger charge is 2.12. The number of hydrogen-bond acceptors (Lipinski definition) is 3. The van der Waals surface area contributed by atoms with Crippen LogP contribution in [-0.2, 0) is 6.54 Å². The molecule has 3 rings (SSSR count). The van der Waals surface area contributed by atoms with Crippen LogP contribution in [0.4, 0.5) is 0 Å². The minimum Gasteiger partial charge on any atom is -0.496 e. The molecule has 0 aliphatic rings. The molecule has 0 bridgehead atoms. The minimum atomic E-state index is 0.453. The first kappa shape index (κ1) is 14.5. The number of nitrogens with zero attached hydrogens (tertiary/aromatic N) is 2. The van der Waals surface area contributed by atoms with E-state index in [9.17, 15) is 0 Å². The summed E-state index contributed by atoms with van der Waals surface area (Å²) in [4.78, 5) is 0. The monoisotopic (exact) mass is 314 g/mol. The average Bonchev–Trinajstić information content (AvgIpc) is 2.90. The van der Waals surface area contributed by atoms with E-state index in [2.05, 4.69) is 5.10 Å². The van der Waals surface area contributed by atoms with Gasteiger partial charge in [-0.05, 0) is 18.2 Å². The average molecular weight is 315 g/mol. The molecule has 4 nitrogen and oxygen atoms in total. The second-order valence-electron chi connectivity index (χ2n) is 4.68. The number of hydrogen-bond donors (Lipinski definition) is 0. The number of methoxy groups -OCH3 is 1. The van der Waals surface area contributed by atoms with Crippen molar-refractivity contribution in [2.24, 2.45) is 0 Å². The molecule has 0 spiro atoms. The quantitative estimate of drug-likeness (QED) is 0.701. The molecule has 0 aliphatic carbocycles. The van der Waals surface area contributed by atoms with Crippen LogP contribution < -0.4 is 9.47 Å². The molecule has 0 N–H and O–H groups in total. The molecular formula is C17H15ClN2O2. The Bertz CT molecular complexity index is 756. The van der Waals surface area contributed by atoms with Gasteiger partial charge < -0.3 is 9.47 Å². The van der Waals surface area contributed by atoms with Gasteiger partial charge in [-0.2, -0.15) is 5.10 Å². The summed E-state index contributed by atoms with van der Waals surface area (Å²) >= 11 is 6.35. The lowest BCUT2D eigenvalue weighted by atomic mass is 10.2. The van der Waals surface area contributed by atoms with Crippen molar-refractivity contribution in [3.63, 3.8) is 0 Å². The lowest BCUT2D eigenvalue weighted by Crippen LogP contribution is -2.03. The molecule has 5 heteroatoms. The van der Waals surface area contributed by atoms with Gasteiger partial charge in [-0.25, -0.2) is 4.68 Å². The number of rotatable bonds is 5. The molecule has 0 unspecified atom stereocenters. The van der Waals surface area contributed by atoms with Gasteiger partial charge in [-0.1, -0.05) is 48.0 Å². The Morgan fingerprint density at radius 3 is 2.50 bits per heavy atom. The molecule has 2 aromatic carbocycles. The first-order valence-corrected chi connectivity index (χ1v) is 7.22. The fourth-order valence-electron chi connectivity index (χ4n) is 2.14. The Morgan fingerprint density at radius 2 is 1.73 bits per heavy atom. The Balaban J connectivity index is 1.81. The van der Waals surface area contributed by atoms with E-state index in [1.807, 2.05) is 54.6 Å². The highest BCUT2D eigenvalue weighted by atomic mass is 35.5. The van der Waals surface area contributed by atoms with Crippen LogP contribution in [0, 0.1) is 0 Å². The highest BCUT2D eigenvalue weighted by molar-refractivity contribution is 6.31. The molecule has 112 valence electrons. The lowest BCUT2D eigenvalue weighted by molar-refractivity contribution is 0.407. The summed E-state index contributed by atoms with van der Waals surface area (Å²) in [5, 5.41) is 4.74.